The van der Waals surface area contributed by atoms with Gasteiger partial charge in [-0.3, -0.25) is 4.79 Å². The van der Waals surface area contributed by atoms with Crippen molar-refractivity contribution in [3.63, 3.8) is 0 Å². The van der Waals surface area contributed by atoms with E-state index in [4.69, 9.17) is 4.74 Å². The molecule has 140 valence electrons. The van der Waals surface area contributed by atoms with E-state index in [-0.39, 0.29) is 23.5 Å². The Hall–Kier alpha value is -0.750. The number of aliphatic hydroxyl groups is 3. The average Bonchev–Trinajstić information content (AvgIpc) is 3.39. The summed E-state index contributed by atoms with van der Waals surface area (Å²) in [7, 11) is 0. The molecule has 1 heterocycles. The summed E-state index contributed by atoms with van der Waals surface area (Å²) in [4.78, 5) is 13.1. The Kier molecular flexibility index (Phi) is 3.64. The highest BCUT2D eigenvalue weighted by atomic mass is 16.6. The van der Waals surface area contributed by atoms with E-state index < -0.39 is 29.3 Å². The van der Waals surface area contributed by atoms with Crippen molar-refractivity contribution in [3.05, 3.63) is 11.6 Å². The predicted octanol–water partition coefficient (Wildman–Crippen LogP) is 1.45. The van der Waals surface area contributed by atoms with Crippen molar-refractivity contribution in [3.8, 4) is 0 Å². The minimum Gasteiger partial charge on any atom is -0.392 e. The maximum atomic E-state index is 13.1. The maximum absolute atomic E-state index is 13.1. The molecule has 25 heavy (non-hydrogen) atoms. The van der Waals surface area contributed by atoms with Gasteiger partial charge in [-0.25, -0.2) is 0 Å². The van der Waals surface area contributed by atoms with Crippen LogP contribution in [0.2, 0.25) is 0 Å². The van der Waals surface area contributed by atoms with Gasteiger partial charge in [0, 0.05) is 0 Å². The van der Waals surface area contributed by atoms with Gasteiger partial charge in [0.2, 0.25) is 0 Å². The number of allylic oxidation sites excluding steroid dienone is 1. The number of hydrogen-bond acceptors (Lipinski definition) is 5. The second-order valence-electron chi connectivity index (χ2n) is 9.59. The summed E-state index contributed by atoms with van der Waals surface area (Å²) in [6, 6.07) is 0. The molecule has 0 bridgehead atoms. The highest BCUT2D eigenvalue weighted by Crippen LogP contribution is 2.63. The SMILES string of the molecule is C/C1=C\[C@@H]2[C@H](CC[C@]3(CO3)[C@@H](O)[C@H]3[C@@H](O)[C@@H](C)C[C@]3(O)C1=O)C2(C)C. The van der Waals surface area contributed by atoms with Crippen LogP contribution in [0.3, 0.4) is 0 Å². The molecule has 1 spiro atoms. The monoisotopic (exact) mass is 350 g/mol. The van der Waals surface area contributed by atoms with Crippen molar-refractivity contribution in [1.82, 2.24) is 0 Å². The fourth-order valence-corrected chi connectivity index (χ4v) is 5.71. The molecule has 4 aliphatic rings. The maximum Gasteiger partial charge on any atom is 0.190 e. The van der Waals surface area contributed by atoms with E-state index in [0.29, 0.717) is 30.4 Å². The topological polar surface area (TPSA) is 90.3 Å². The molecule has 5 heteroatoms. The Balaban J connectivity index is 1.78. The minimum absolute atomic E-state index is 0.131. The molecule has 8 atom stereocenters. The van der Waals surface area contributed by atoms with Gasteiger partial charge in [0.25, 0.3) is 0 Å². The van der Waals surface area contributed by atoms with Crippen LogP contribution in [0.1, 0.15) is 47.0 Å². The average molecular weight is 350 g/mol. The van der Waals surface area contributed by atoms with Crippen LogP contribution in [0.15, 0.2) is 11.6 Å². The first kappa shape index (κ1) is 17.7. The molecule has 5 nitrogen and oxygen atoms in total. The Bertz CT molecular complexity index is 634. The Morgan fingerprint density at radius 3 is 2.52 bits per heavy atom. The quantitative estimate of drug-likeness (QED) is 0.575. The van der Waals surface area contributed by atoms with Crippen LogP contribution in [0.25, 0.3) is 0 Å². The fraction of sp³-hybridized carbons (Fsp3) is 0.850. The third-order valence-electron chi connectivity index (χ3n) is 7.73. The predicted molar refractivity (Wildman–Crippen MR) is 91.7 cm³/mol. The smallest absolute Gasteiger partial charge is 0.190 e. The molecule has 4 rings (SSSR count). The van der Waals surface area contributed by atoms with E-state index in [1.165, 1.54) is 0 Å². The van der Waals surface area contributed by atoms with Crippen LogP contribution in [0.5, 0.6) is 0 Å². The molecule has 3 fully saturated rings. The molecule has 0 aromatic carbocycles. The van der Waals surface area contributed by atoms with E-state index >= 15 is 0 Å². The number of rotatable bonds is 0. The van der Waals surface area contributed by atoms with Crippen molar-refractivity contribution in [2.24, 2.45) is 29.1 Å². The lowest BCUT2D eigenvalue weighted by Gasteiger charge is -2.36. The van der Waals surface area contributed by atoms with Gasteiger partial charge in [-0.15, -0.1) is 0 Å². The van der Waals surface area contributed by atoms with E-state index in [9.17, 15) is 20.1 Å². The van der Waals surface area contributed by atoms with E-state index in [1.807, 2.05) is 13.0 Å². The van der Waals surface area contributed by atoms with Crippen molar-refractivity contribution >= 4 is 5.78 Å². The summed E-state index contributed by atoms with van der Waals surface area (Å²) >= 11 is 0. The van der Waals surface area contributed by atoms with Gasteiger partial charge in [0.15, 0.2) is 5.78 Å². The van der Waals surface area contributed by atoms with Gasteiger partial charge in [0.05, 0.1) is 24.7 Å². The molecule has 2 saturated carbocycles. The fourth-order valence-electron chi connectivity index (χ4n) is 5.71. The summed E-state index contributed by atoms with van der Waals surface area (Å²) in [5.41, 5.74) is -1.76. The third-order valence-corrected chi connectivity index (χ3v) is 7.73. The van der Waals surface area contributed by atoms with Gasteiger partial charge in [0.1, 0.15) is 11.2 Å². The van der Waals surface area contributed by atoms with Crippen molar-refractivity contribution in [2.75, 3.05) is 6.61 Å². The van der Waals surface area contributed by atoms with Gasteiger partial charge in [-0.1, -0.05) is 26.8 Å². The normalized spacial score (nSPS) is 56.4. The van der Waals surface area contributed by atoms with Crippen LogP contribution in [-0.2, 0) is 9.53 Å². The molecular formula is C20H30O5. The van der Waals surface area contributed by atoms with Crippen LogP contribution in [0.4, 0.5) is 0 Å². The first-order valence-corrected chi connectivity index (χ1v) is 9.50. The van der Waals surface area contributed by atoms with Crippen molar-refractivity contribution < 1.29 is 24.9 Å². The molecule has 0 amide bonds. The highest BCUT2D eigenvalue weighted by Gasteiger charge is 2.66. The molecular weight excluding hydrogens is 320 g/mol. The molecule has 0 aromatic heterocycles. The van der Waals surface area contributed by atoms with E-state index in [2.05, 4.69) is 13.8 Å². The molecule has 3 N–H and O–H groups in total. The van der Waals surface area contributed by atoms with Gasteiger partial charge in [-0.05, 0) is 54.9 Å². The highest BCUT2D eigenvalue weighted by molar-refractivity contribution is 6.02. The number of hydrogen-bond donors (Lipinski definition) is 3. The number of epoxide rings is 1. The van der Waals surface area contributed by atoms with Crippen LogP contribution in [-0.4, -0.2) is 51.1 Å². The number of ether oxygens (including phenoxy) is 1. The lowest BCUT2D eigenvalue weighted by Crippen LogP contribution is -2.54. The van der Waals surface area contributed by atoms with E-state index in [0.717, 1.165) is 6.42 Å². The lowest BCUT2D eigenvalue weighted by molar-refractivity contribution is -0.150. The molecule has 1 aliphatic heterocycles. The number of fused-ring (bicyclic) bond motifs is 2. The van der Waals surface area contributed by atoms with Gasteiger partial charge < -0.3 is 20.1 Å². The summed E-state index contributed by atoms with van der Waals surface area (Å²) in [6.07, 6.45) is 1.86. The summed E-state index contributed by atoms with van der Waals surface area (Å²) in [5.74, 6) is -0.721. The molecule has 0 aromatic rings. The first-order chi connectivity index (χ1) is 11.5. The standard InChI is InChI=1S/C20H30O5/c1-10-7-13-12(18(13,3)4)5-6-19(9-25-19)17(23)14-15(21)11(2)8-20(14,24)16(10)22/h7,11-15,17,21,23-24H,5-6,8-9H2,1-4H3/b10-7+/t11-,12-,13+,14+,15-,17-,19-,20+/m0/s1. The number of Topliss-reactive ketones (excluding diaryl/α,β-unsaturated/α-hetero) is 1. The Labute approximate surface area is 149 Å². The van der Waals surface area contributed by atoms with E-state index in [1.54, 1.807) is 6.92 Å². The second-order valence-corrected chi connectivity index (χ2v) is 9.59. The largest absolute Gasteiger partial charge is 0.392 e. The van der Waals surface area contributed by atoms with Gasteiger partial charge >= 0.3 is 0 Å². The number of carbonyl (C=O) groups is 1. The molecule has 0 unspecified atom stereocenters. The van der Waals surface area contributed by atoms with Crippen LogP contribution < -0.4 is 0 Å². The zero-order valence-corrected chi connectivity index (χ0v) is 15.5. The molecule has 0 radical (unpaired) electrons. The van der Waals surface area contributed by atoms with Crippen LogP contribution >= 0.6 is 0 Å². The zero-order chi connectivity index (χ0) is 18.4. The van der Waals surface area contributed by atoms with Crippen molar-refractivity contribution in [2.45, 2.75) is 70.4 Å². The Morgan fingerprint density at radius 1 is 1.28 bits per heavy atom. The number of carbonyl (C=O) groups excluding carboxylic acids is 1. The summed E-state index contributed by atoms with van der Waals surface area (Å²) in [6.45, 7) is 8.42. The summed E-state index contributed by atoms with van der Waals surface area (Å²) < 4.78 is 5.66. The van der Waals surface area contributed by atoms with Crippen LogP contribution in [0, 0.1) is 29.1 Å². The third kappa shape index (κ3) is 2.32. The first-order valence-electron chi connectivity index (χ1n) is 9.50. The van der Waals surface area contributed by atoms with Crippen molar-refractivity contribution in [1.29, 1.82) is 0 Å². The lowest BCUT2D eigenvalue weighted by atomic mass is 9.75. The second kappa shape index (κ2) is 5.16. The summed E-state index contributed by atoms with van der Waals surface area (Å²) in [5, 5.41) is 33.0. The number of ketones is 1. The molecule has 3 aliphatic carbocycles. The number of aliphatic hydroxyl groups excluding tert-OH is 2. The zero-order valence-electron chi connectivity index (χ0n) is 15.5. The minimum atomic E-state index is -1.73. The molecule has 1 saturated heterocycles. The van der Waals surface area contributed by atoms with Gasteiger partial charge in [-0.2, -0.15) is 0 Å². The Morgan fingerprint density at radius 2 is 1.92 bits per heavy atom.